The number of thiazole rings is 1. The quantitative estimate of drug-likeness (QED) is 0.496. The molecule has 0 atom stereocenters. The Morgan fingerprint density at radius 1 is 1.21 bits per heavy atom. The van der Waals surface area contributed by atoms with E-state index in [1.165, 1.54) is 11.3 Å². The molecule has 2 aromatic carbocycles. The van der Waals surface area contributed by atoms with E-state index in [9.17, 15) is 4.79 Å². The summed E-state index contributed by atoms with van der Waals surface area (Å²) in [6.07, 6.45) is 0.538. The summed E-state index contributed by atoms with van der Waals surface area (Å²) in [7, 11) is 1.59. The van der Waals surface area contributed by atoms with Crippen LogP contribution in [0.5, 0.6) is 5.75 Å². The number of nitrogens with one attached hydrogen (secondary N) is 1. The molecule has 28 heavy (non-hydrogen) atoms. The normalized spacial score (nSPS) is 10.9. The van der Waals surface area contributed by atoms with Crippen molar-refractivity contribution in [3.05, 3.63) is 53.4 Å². The average Bonchev–Trinajstić information content (AvgIpc) is 3.33. The molecule has 1 N–H and O–H groups in total. The van der Waals surface area contributed by atoms with E-state index >= 15 is 0 Å². The highest BCUT2D eigenvalue weighted by Crippen LogP contribution is 2.32. The molecule has 0 spiro atoms. The van der Waals surface area contributed by atoms with Gasteiger partial charge in [-0.3, -0.25) is 4.79 Å². The molecule has 0 bridgehead atoms. The van der Waals surface area contributed by atoms with Crippen molar-refractivity contribution in [3.63, 3.8) is 0 Å². The molecule has 1 amide bonds. The van der Waals surface area contributed by atoms with Crippen LogP contribution in [-0.4, -0.2) is 28.1 Å². The first-order valence-corrected chi connectivity index (χ1v) is 9.64. The fourth-order valence-corrected chi connectivity index (χ4v) is 3.64. The second-order valence-electron chi connectivity index (χ2n) is 5.89. The lowest BCUT2D eigenvalue weighted by molar-refractivity contribution is -0.116. The number of ether oxygens (including phenoxy) is 1. The van der Waals surface area contributed by atoms with Crippen LogP contribution in [0.4, 0.5) is 5.13 Å². The number of para-hydroxylation sites is 1. The fourth-order valence-electron chi connectivity index (χ4n) is 2.62. The number of anilines is 1. The third-order valence-electron chi connectivity index (χ3n) is 3.98. The van der Waals surface area contributed by atoms with E-state index in [2.05, 4.69) is 20.4 Å². The Hall–Kier alpha value is -2.97. The van der Waals surface area contributed by atoms with Gasteiger partial charge < -0.3 is 14.6 Å². The van der Waals surface area contributed by atoms with Crippen molar-refractivity contribution in [3.8, 4) is 17.1 Å². The molecule has 2 heterocycles. The Morgan fingerprint density at radius 3 is 2.82 bits per heavy atom. The lowest BCUT2D eigenvalue weighted by Gasteiger charge is -1.99. The van der Waals surface area contributed by atoms with E-state index in [1.54, 1.807) is 19.2 Å². The SMILES string of the molecule is COc1cccc2sc(NC(=O)CCc3nc(-c4ccc(Cl)cc4)no3)nc12. The fraction of sp³-hybridized carbons (Fsp3) is 0.158. The van der Waals surface area contributed by atoms with Gasteiger partial charge in [-0.15, -0.1) is 0 Å². The van der Waals surface area contributed by atoms with Crippen LogP contribution in [-0.2, 0) is 11.2 Å². The molecular formula is C19H15ClN4O3S. The number of benzene rings is 2. The summed E-state index contributed by atoms with van der Waals surface area (Å²) in [4.78, 5) is 21.0. The molecular weight excluding hydrogens is 400 g/mol. The van der Waals surface area contributed by atoms with Crippen LogP contribution < -0.4 is 10.1 Å². The van der Waals surface area contributed by atoms with E-state index in [0.717, 1.165) is 15.8 Å². The van der Waals surface area contributed by atoms with Gasteiger partial charge in [0.2, 0.25) is 17.6 Å². The van der Waals surface area contributed by atoms with E-state index in [-0.39, 0.29) is 12.3 Å². The summed E-state index contributed by atoms with van der Waals surface area (Å²) in [6, 6.07) is 12.8. The number of nitrogens with zero attached hydrogens (tertiary/aromatic N) is 3. The number of carbonyl (C=O) groups excluding carboxylic acids is 1. The molecule has 2 aromatic heterocycles. The molecule has 0 fully saturated rings. The zero-order chi connectivity index (χ0) is 19.5. The van der Waals surface area contributed by atoms with Gasteiger partial charge in [-0.05, 0) is 36.4 Å². The smallest absolute Gasteiger partial charge is 0.227 e. The van der Waals surface area contributed by atoms with Gasteiger partial charge in [0.15, 0.2) is 5.13 Å². The second-order valence-corrected chi connectivity index (χ2v) is 7.36. The predicted octanol–water partition coefficient (Wildman–Crippen LogP) is 4.58. The minimum Gasteiger partial charge on any atom is -0.494 e. The lowest BCUT2D eigenvalue weighted by atomic mass is 10.2. The average molecular weight is 415 g/mol. The first kappa shape index (κ1) is 18.4. The molecule has 4 aromatic rings. The number of aryl methyl sites for hydroxylation is 1. The number of hydrogen-bond donors (Lipinski definition) is 1. The van der Waals surface area contributed by atoms with Gasteiger partial charge in [0, 0.05) is 23.4 Å². The summed E-state index contributed by atoms with van der Waals surface area (Å²) in [6.45, 7) is 0. The van der Waals surface area contributed by atoms with Gasteiger partial charge in [0.25, 0.3) is 0 Å². The minimum absolute atomic E-state index is 0.177. The lowest BCUT2D eigenvalue weighted by Crippen LogP contribution is -2.12. The van der Waals surface area contributed by atoms with Crippen LogP contribution in [0.2, 0.25) is 5.02 Å². The Kier molecular flexibility index (Phi) is 5.23. The predicted molar refractivity (Wildman–Crippen MR) is 108 cm³/mol. The van der Waals surface area contributed by atoms with Gasteiger partial charge in [0.1, 0.15) is 11.3 Å². The Balaban J connectivity index is 1.38. The highest BCUT2D eigenvalue weighted by molar-refractivity contribution is 7.22. The highest BCUT2D eigenvalue weighted by atomic mass is 35.5. The second kappa shape index (κ2) is 7.95. The Bertz CT molecular complexity index is 1120. The molecule has 0 aliphatic heterocycles. The summed E-state index contributed by atoms with van der Waals surface area (Å²) in [5.74, 6) is 1.36. The zero-order valence-electron chi connectivity index (χ0n) is 14.8. The largest absolute Gasteiger partial charge is 0.494 e. The van der Waals surface area contributed by atoms with E-state index in [1.807, 2.05) is 30.3 Å². The van der Waals surface area contributed by atoms with E-state index in [0.29, 0.717) is 34.0 Å². The third kappa shape index (κ3) is 3.97. The number of hydrogen-bond acceptors (Lipinski definition) is 7. The van der Waals surface area contributed by atoms with Crippen molar-refractivity contribution < 1.29 is 14.1 Å². The van der Waals surface area contributed by atoms with Gasteiger partial charge in [-0.25, -0.2) is 4.98 Å². The topological polar surface area (TPSA) is 90.1 Å². The number of aromatic nitrogens is 3. The van der Waals surface area contributed by atoms with Crippen molar-refractivity contribution >= 4 is 44.2 Å². The molecule has 9 heteroatoms. The number of rotatable bonds is 6. The van der Waals surface area contributed by atoms with Crippen molar-refractivity contribution in [2.45, 2.75) is 12.8 Å². The molecule has 0 aliphatic rings. The van der Waals surface area contributed by atoms with Crippen LogP contribution in [0.15, 0.2) is 47.0 Å². The summed E-state index contributed by atoms with van der Waals surface area (Å²) in [5, 5.41) is 7.91. The summed E-state index contributed by atoms with van der Waals surface area (Å²) < 4.78 is 11.5. The highest BCUT2D eigenvalue weighted by Gasteiger charge is 2.13. The maximum absolute atomic E-state index is 12.3. The maximum Gasteiger partial charge on any atom is 0.227 e. The number of fused-ring (bicyclic) bond motifs is 1. The number of methoxy groups -OCH3 is 1. The molecule has 0 saturated carbocycles. The summed E-state index contributed by atoms with van der Waals surface area (Å²) in [5.41, 5.74) is 1.53. The van der Waals surface area contributed by atoms with E-state index in [4.69, 9.17) is 20.9 Å². The molecule has 7 nitrogen and oxygen atoms in total. The van der Waals surface area contributed by atoms with E-state index < -0.39 is 0 Å². The first-order valence-electron chi connectivity index (χ1n) is 8.44. The van der Waals surface area contributed by atoms with Crippen LogP contribution in [0, 0.1) is 0 Å². The van der Waals surface area contributed by atoms with Gasteiger partial charge in [-0.1, -0.05) is 34.2 Å². The van der Waals surface area contributed by atoms with Gasteiger partial charge in [-0.2, -0.15) is 4.98 Å². The molecule has 142 valence electrons. The number of carbonyl (C=O) groups is 1. The maximum atomic E-state index is 12.3. The molecule has 0 saturated heterocycles. The molecule has 0 aliphatic carbocycles. The van der Waals surface area contributed by atoms with Crippen molar-refractivity contribution in [2.24, 2.45) is 0 Å². The van der Waals surface area contributed by atoms with Crippen LogP contribution in [0.25, 0.3) is 21.6 Å². The van der Waals surface area contributed by atoms with Crippen LogP contribution in [0.3, 0.4) is 0 Å². The number of amides is 1. The Morgan fingerprint density at radius 2 is 2.04 bits per heavy atom. The number of halogens is 1. The Labute approximate surface area is 169 Å². The molecule has 0 unspecified atom stereocenters. The van der Waals surface area contributed by atoms with Crippen molar-refractivity contribution in [1.82, 2.24) is 15.1 Å². The first-order chi connectivity index (χ1) is 13.6. The molecule has 0 radical (unpaired) electrons. The zero-order valence-corrected chi connectivity index (χ0v) is 16.4. The van der Waals surface area contributed by atoms with Crippen LogP contribution >= 0.6 is 22.9 Å². The summed E-state index contributed by atoms with van der Waals surface area (Å²) >= 11 is 7.27. The monoisotopic (exact) mass is 414 g/mol. The van der Waals surface area contributed by atoms with Crippen molar-refractivity contribution in [2.75, 3.05) is 12.4 Å². The van der Waals surface area contributed by atoms with Gasteiger partial charge in [0.05, 0.1) is 11.8 Å². The van der Waals surface area contributed by atoms with Crippen molar-refractivity contribution in [1.29, 1.82) is 0 Å². The third-order valence-corrected chi connectivity index (χ3v) is 5.17. The molecule has 4 rings (SSSR count). The minimum atomic E-state index is -0.177. The standard InChI is InChI=1S/C19H15ClN4O3S/c1-26-13-3-2-4-14-17(13)23-19(28-14)21-15(25)9-10-16-22-18(24-27-16)11-5-7-12(20)8-6-11/h2-8H,9-10H2,1H3,(H,21,23,25). The van der Waals surface area contributed by atoms with Gasteiger partial charge >= 0.3 is 0 Å². The van der Waals surface area contributed by atoms with Crippen LogP contribution in [0.1, 0.15) is 12.3 Å².